The van der Waals surface area contributed by atoms with Crippen LogP contribution in [0.4, 0.5) is 0 Å². The highest BCUT2D eigenvalue weighted by Gasteiger charge is 2.17. The molecular formula is C20H28N4O3. The van der Waals surface area contributed by atoms with Gasteiger partial charge in [0.15, 0.2) is 12.3 Å². The lowest BCUT2D eigenvalue weighted by Crippen LogP contribution is -2.38. The van der Waals surface area contributed by atoms with E-state index in [4.69, 9.17) is 4.74 Å². The van der Waals surface area contributed by atoms with Gasteiger partial charge in [-0.1, -0.05) is 32.1 Å². The molecule has 0 bridgehead atoms. The molecule has 1 aliphatic rings. The summed E-state index contributed by atoms with van der Waals surface area (Å²) in [6.07, 6.45) is 11.2. The van der Waals surface area contributed by atoms with Crippen molar-refractivity contribution in [2.24, 2.45) is 0 Å². The number of fused-ring (bicyclic) bond motifs is 1. The van der Waals surface area contributed by atoms with Crippen LogP contribution in [0.5, 0.6) is 0 Å². The molecule has 2 heterocycles. The Morgan fingerprint density at radius 3 is 2.59 bits per heavy atom. The zero-order valence-electron chi connectivity index (χ0n) is 16.1. The molecule has 1 fully saturated rings. The van der Waals surface area contributed by atoms with Gasteiger partial charge in [0, 0.05) is 23.7 Å². The second kappa shape index (κ2) is 8.97. The first-order chi connectivity index (χ1) is 13.0. The Labute approximate surface area is 159 Å². The minimum absolute atomic E-state index is 0.185. The summed E-state index contributed by atoms with van der Waals surface area (Å²) < 4.78 is 6.97. The molecule has 0 saturated heterocycles. The standard InChI is InChI=1S/C20H28N4O3/c1-14(2)24-19-15(12-22-24)10-16(11-21-19)20(26)27-13-18(25)23-17-8-6-4-3-5-7-9-17/h10-12,14,17H,3-9,13H2,1-2H3,(H,23,25). The monoisotopic (exact) mass is 372 g/mol. The predicted molar refractivity (Wildman–Crippen MR) is 102 cm³/mol. The molecule has 0 unspecified atom stereocenters. The lowest BCUT2D eigenvalue weighted by Gasteiger charge is -2.20. The number of hydrogen-bond acceptors (Lipinski definition) is 5. The molecule has 3 rings (SSSR count). The van der Waals surface area contributed by atoms with Crippen molar-refractivity contribution in [3.63, 3.8) is 0 Å². The van der Waals surface area contributed by atoms with Gasteiger partial charge in [-0.25, -0.2) is 14.5 Å². The highest BCUT2D eigenvalue weighted by Crippen LogP contribution is 2.18. The lowest BCUT2D eigenvalue weighted by atomic mass is 9.97. The molecule has 1 amide bonds. The Kier molecular flexibility index (Phi) is 6.42. The minimum Gasteiger partial charge on any atom is -0.452 e. The molecule has 1 N–H and O–H groups in total. The van der Waals surface area contributed by atoms with Crippen LogP contribution in [0.1, 0.15) is 75.2 Å². The van der Waals surface area contributed by atoms with E-state index in [-0.39, 0.29) is 24.6 Å². The van der Waals surface area contributed by atoms with E-state index >= 15 is 0 Å². The first-order valence-electron chi connectivity index (χ1n) is 9.84. The summed E-state index contributed by atoms with van der Waals surface area (Å²) in [7, 11) is 0. The Morgan fingerprint density at radius 1 is 1.19 bits per heavy atom. The fourth-order valence-electron chi connectivity index (χ4n) is 3.51. The van der Waals surface area contributed by atoms with E-state index in [0.29, 0.717) is 5.56 Å². The lowest BCUT2D eigenvalue weighted by molar-refractivity contribution is -0.125. The smallest absolute Gasteiger partial charge is 0.340 e. The minimum atomic E-state index is -0.547. The summed E-state index contributed by atoms with van der Waals surface area (Å²) in [6, 6.07) is 2.07. The molecule has 2 aromatic rings. The van der Waals surface area contributed by atoms with Gasteiger partial charge in [0.25, 0.3) is 5.91 Å². The molecule has 1 saturated carbocycles. The third-order valence-electron chi connectivity index (χ3n) is 4.96. The largest absolute Gasteiger partial charge is 0.452 e. The van der Waals surface area contributed by atoms with Crippen molar-refractivity contribution in [3.05, 3.63) is 24.0 Å². The van der Waals surface area contributed by atoms with E-state index in [1.165, 1.54) is 25.5 Å². The number of esters is 1. The van der Waals surface area contributed by atoms with Crippen LogP contribution >= 0.6 is 0 Å². The number of ether oxygens (including phenoxy) is 1. The Morgan fingerprint density at radius 2 is 1.89 bits per heavy atom. The van der Waals surface area contributed by atoms with Crippen molar-refractivity contribution < 1.29 is 14.3 Å². The van der Waals surface area contributed by atoms with Crippen molar-refractivity contribution in [1.29, 1.82) is 0 Å². The van der Waals surface area contributed by atoms with Gasteiger partial charge in [-0.15, -0.1) is 0 Å². The summed E-state index contributed by atoms with van der Waals surface area (Å²) >= 11 is 0. The second-order valence-corrected chi connectivity index (χ2v) is 7.51. The van der Waals surface area contributed by atoms with Crippen LogP contribution in [0.3, 0.4) is 0 Å². The molecule has 0 spiro atoms. The van der Waals surface area contributed by atoms with Gasteiger partial charge >= 0.3 is 5.97 Å². The number of amides is 1. The van der Waals surface area contributed by atoms with Crippen molar-refractivity contribution in [1.82, 2.24) is 20.1 Å². The first kappa shape index (κ1) is 19.3. The zero-order chi connectivity index (χ0) is 19.2. The average Bonchev–Trinajstić information content (AvgIpc) is 3.05. The predicted octanol–water partition coefficient (Wildman–Crippen LogP) is 3.40. The summed E-state index contributed by atoms with van der Waals surface area (Å²) in [5.41, 5.74) is 1.05. The van der Waals surface area contributed by atoms with E-state index in [2.05, 4.69) is 15.4 Å². The SMILES string of the molecule is CC(C)n1ncc2cc(C(=O)OCC(=O)NC3CCCCCCC3)cnc21. The van der Waals surface area contributed by atoms with Gasteiger partial charge in [0.2, 0.25) is 0 Å². The molecule has 1 aliphatic carbocycles. The van der Waals surface area contributed by atoms with E-state index in [1.54, 1.807) is 16.9 Å². The van der Waals surface area contributed by atoms with Crippen LogP contribution in [0.15, 0.2) is 18.5 Å². The highest BCUT2D eigenvalue weighted by atomic mass is 16.5. The Hall–Kier alpha value is -2.44. The molecule has 7 nitrogen and oxygen atoms in total. The van der Waals surface area contributed by atoms with Crippen LogP contribution < -0.4 is 5.32 Å². The molecular weight excluding hydrogens is 344 g/mol. The number of hydrogen-bond donors (Lipinski definition) is 1. The number of carbonyl (C=O) groups is 2. The van der Waals surface area contributed by atoms with Crippen LogP contribution in [0, 0.1) is 0 Å². The van der Waals surface area contributed by atoms with E-state index in [1.807, 2.05) is 13.8 Å². The number of pyridine rings is 1. The number of rotatable bonds is 5. The summed E-state index contributed by atoms with van der Waals surface area (Å²) in [5.74, 6) is -0.787. The normalized spacial score (nSPS) is 16.1. The van der Waals surface area contributed by atoms with Gasteiger partial charge in [0.05, 0.1) is 11.8 Å². The van der Waals surface area contributed by atoms with Crippen LogP contribution in [-0.2, 0) is 9.53 Å². The average molecular weight is 372 g/mol. The van der Waals surface area contributed by atoms with E-state index in [0.717, 1.165) is 36.7 Å². The molecule has 2 aromatic heterocycles. The van der Waals surface area contributed by atoms with Crippen LogP contribution in [-0.4, -0.2) is 39.3 Å². The summed E-state index contributed by atoms with van der Waals surface area (Å²) in [5, 5.41) is 8.06. The van der Waals surface area contributed by atoms with Gasteiger partial charge in [0.1, 0.15) is 0 Å². The van der Waals surface area contributed by atoms with Gasteiger partial charge in [-0.3, -0.25) is 4.79 Å². The van der Waals surface area contributed by atoms with Crippen molar-refractivity contribution in [2.45, 2.75) is 70.9 Å². The van der Waals surface area contributed by atoms with Crippen molar-refractivity contribution >= 4 is 22.9 Å². The highest BCUT2D eigenvalue weighted by molar-refractivity contribution is 5.94. The van der Waals surface area contributed by atoms with Crippen LogP contribution in [0.2, 0.25) is 0 Å². The molecule has 0 radical (unpaired) electrons. The molecule has 0 aliphatic heterocycles. The maximum absolute atomic E-state index is 12.3. The van der Waals surface area contributed by atoms with Crippen molar-refractivity contribution in [2.75, 3.05) is 6.61 Å². The summed E-state index contributed by atoms with van der Waals surface area (Å²) in [6.45, 7) is 3.77. The van der Waals surface area contributed by atoms with E-state index < -0.39 is 5.97 Å². The Bertz CT molecular complexity index is 792. The van der Waals surface area contributed by atoms with Gasteiger partial charge < -0.3 is 10.1 Å². The quantitative estimate of drug-likeness (QED) is 0.813. The first-order valence-corrected chi connectivity index (χ1v) is 9.84. The molecule has 0 atom stereocenters. The maximum atomic E-state index is 12.3. The van der Waals surface area contributed by atoms with Gasteiger partial charge in [-0.2, -0.15) is 5.10 Å². The second-order valence-electron chi connectivity index (χ2n) is 7.51. The fraction of sp³-hybridized carbons (Fsp3) is 0.600. The van der Waals surface area contributed by atoms with Gasteiger partial charge in [-0.05, 0) is 32.8 Å². The third kappa shape index (κ3) is 5.05. The molecule has 146 valence electrons. The van der Waals surface area contributed by atoms with Crippen molar-refractivity contribution in [3.8, 4) is 0 Å². The topological polar surface area (TPSA) is 86.1 Å². The molecule has 7 heteroatoms. The fourth-order valence-corrected chi connectivity index (χ4v) is 3.51. The molecule has 0 aromatic carbocycles. The zero-order valence-corrected chi connectivity index (χ0v) is 16.1. The maximum Gasteiger partial charge on any atom is 0.340 e. The Balaban J connectivity index is 1.54. The molecule has 27 heavy (non-hydrogen) atoms. The van der Waals surface area contributed by atoms with Crippen LogP contribution in [0.25, 0.3) is 11.0 Å². The third-order valence-corrected chi connectivity index (χ3v) is 4.96. The number of carbonyl (C=O) groups excluding carboxylic acids is 2. The summed E-state index contributed by atoms with van der Waals surface area (Å²) in [4.78, 5) is 28.7. The number of nitrogens with one attached hydrogen (secondary N) is 1. The number of aromatic nitrogens is 3. The van der Waals surface area contributed by atoms with E-state index in [9.17, 15) is 9.59 Å². The number of nitrogens with zero attached hydrogens (tertiary/aromatic N) is 3.